The highest BCUT2D eigenvalue weighted by atomic mass is 16.5. The van der Waals surface area contributed by atoms with E-state index in [0.717, 1.165) is 18.8 Å². The Labute approximate surface area is 139 Å². The molecule has 1 aliphatic heterocycles. The van der Waals surface area contributed by atoms with Gasteiger partial charge in [-0.15, -0.1) is 0 Å². The van der Waals surface area contributed by atoms with Crippen LogP contribution in [0.2, 0.25) is 0 Å². The van der Waals surface area contributed by atoms with Crippen molar-refractivity contribution in [2.75, 3.05) is 25.5 Å². The Morgan fingerprint density at radius 3 is 2.61 bits per heavy atom. The summed E-state index contributed by atoms with van der Waals surface area (Å²) in [4.78, 5) is 23.4. The number of nitrogens with zero attached hydrogens (tertiary/aromatic N) is 1. The highest BCUT2D eigenvalue weighted by Gasteiger charge is 2.28. The summed E-state index contributed by atoms with van der Waals surface area (Å²) in [7, 11) is 1.36. The van der Waals surface area contributed by atoms with Crippen LogP contribution in [0, 0.1) is 11.8 Å². The van der Waals surface area contributed by atoms with Crippen LogP contribution in [0.1, 0.15) is 38.2 Å². The Bertz CT molecular complexity index is 468. The van der Waals surface area contributed by atoms with E-state index in [2.05, 4.69) is 34.2 Å². The first-order valence-electron chi connectivity index (χ1n) is 7.92. The fourth-order valence-electron chi connectivity index (χ4n) is 2.35. The minimum absolute atomic E-state index is 0.327. The lowest BCUT2D eigenvalue weighted by Gasteiger charge is -2.18. The van der Waals surface area contributed by atoms with Crippen molar-refractivity contribution in [1.82, 2.24) is 10.3 Å². The number of pyridine rings is 1. The molecule has 6 heteroatoms. The summed E-state index contributed by atoms with van der Waals surface area (Å²) in [5, 5.41) is 6.85. The minimum Gasteiger partial charge on any atom is -0.464 e. The molecule has 130 valence electrons. The van der Waals surface area contributed by atoms with Crippen molar-refractivity contribution in [3.05, 3.63) is 24.0 Å². The topological polar surface area (TPSA) is 80.3 Å². The van der Waals surface area contributed by atoms with Gasteiger partial charge >= 0.3 is 5.97 Å². The van der Waals surface area contributed by atoms with Crippen LogP contribution in [-0.4, -0.2) is 44.0 Å². The average Bonchev–Trinajstić information content (AvgIpc) is 2.95. The minimum atomic E-state index is -0.412. The SMILES string of the molecule is C=O.CC.COC(=O)c1cc(NCC2NCC(C)C2C)ccn1. The molecule has 0 amide bonds. The second-order valence-electron chi connectivity index (χ2n) is 5.15. The first-order valence-corrected chi connectivity index (χ1v) is 7.92. The summed E-state index contributed by atoms with van der Waals surface area (Å²) in [6, 6.07) is 4.04. The molecule has 2 N–H and O–H groups in total. The van der Waals surface area contributed by atoms with Gasteiger partial charge in [-0.2, -0.15) is 0 Å². The molecule has 3 unspecified atom stereocenters. The third-order valence-corrected chi connectivity index (χ3v) is 3.91. The fourth-order valence-corrected chi connectivity index (χ4v) is 2.35. The molecule has 3 atom stereocenters. The van der Waals surface area contributed by atoms with Gasteiger partial charge in [-0.05, 0) is 30.5 Å². The maximum atomic E-state index is 11.4. The number of methoxy groups -OCH3 is 1. The van der Waals surface area contributed by atoms with Crippen LogP contribution >= 0.6 is 0 Å². The molecule has 0 aromatic carbocycles. The molecule has 1 aromatic rings. The van der Waals surface area contributed by atoms with Crippen LogP contribution in [0.4, 0.5) is 5.69 Å². The Hall–Kier alpha value is -1.95. The number of carbonyl (C=O) groups excluding carboxylic acids is 2. The number of esters is 1. The van der Waals surface area contributed by atoms with Crippen LogP contribution in [-0.2, 0) is 9.53 Å². The summed E-state index contributed by atoms with van der Waals surface area (Å²) in [5.74, 6) is 0.939. The largest absolute Gasteiger partial charge is 0.464 e. The Kier molecular flexibility index (Phi) is 10.6. The van der Waals surface area contributed by atoms with Crippen molar-refractivity contribution in [1.29, 1.82) is 0 Å². The second kappa shape index (κ2) is 11.6. The Morgan fingerprint density at radius 2 is 2.09 bits per heavy atom. The third kappa shape index (κ3) is 6.36. The van der Waals surface area contributed by atoms with E-state index in [1.54, 1.807) is 12.3 Å². The predicted octanol–water partition coefficient (Wildman–Crippen LogP) is 2.37. The first kappa shape index (κ1) is 21.0. The van der Waals surface area contributed by atoms with E-state index in [0.29, 0.717) is 23.6 Å². The van der Waals surface area contributed by atoms with Gasteiger partial charge < -0.3 is 20.2 Å². The standard InChI is InChI=1S/C14H21N3O2.C2H6.CH2O/c1-9-7-17-13(10(9)2)8-16-11-4-5-15-12(6-11)14(18)19-3;2*1-2/h4-6,9-10,13,17H,7-8H2,1-3H3,(H,15,16);1-2H3;1H2. The lowest BCUT2D eigenvalue weighted by molar-refractivity contribution is -0.0980. The van der Waals surface area contributed by atoms with Crippen LogP contribution in [0.15, 0.2) is 18.3 Å². The molecule has 0 spiro atoms. The smallest absolute Gasteiger partial charge is 0.356 e. The zero-order chi connectivity index (χ0) is 17.8. The average molecular weight is 323 g/mol. The number of nitrogens with one attached hydrogen (secondary N) is 2. The second-order valence-corrected chi connectivity index (χ2v) is 5.15. The molecular weight excluding hydrogens is 294 g/mol. The van der Waals surface area contributed by atoms with Gasteiger partial charge in [0.15, 0.2) is 0 Å². The number of rotatable bonds is 4. The fraction of sp³-hybridized carbons (Fsp3) is 0.588. The lowest BCUT2D eigenvalue weighted by atomic mass is 9.94. The molecule has 0 saturated carbocycles. The summed E-state index contributed by atoms with van der Waals surface area (Å²) < 4.78 is 4.66. The zero-order valence-corrected chi connectivity index (χ0v) is 14.8. The van der Waals surface area contributed by atoms with Crippen molar-refractivity contribution in [3.63, 3.8) is 0 Å². The van der Waals surface area contributed by atoms with E-state index >= 15 is 0 Å². The van der Waals surface area contributed by atoms with E-state index in [4.69, 9.17) is 4.79 Å². The van der Waals surface area contributed by atoms with Gasteiger partial charge in [-0.3, -0.25) is 0 Å². The molecule has 1 fully saturated rings. The molecule has 1 saturated heterocycles. The van der Waals surface area contributed by atoms with Gasteiger partial charge in [0, 0.05) is 24.5 Å². The van der Waals surface area contributed by atoms with Crippen LogP contribution in [0.3, 0.4) is 0 Å². The van der Waals surface area contributed by atoms with Gasteiger partial charge in [0.25, 0.3) is 0 Å². The van der Waals surface area contributed by atoms with Crippen molar-refractivity contribution in [2.45, 2.75) is 33.7 Å². The summed E-state index contributed by atoms with van der Waals surface area (Å²) in [6.07, 6.45) is 1.61. The molecule has 2 rings (SSSR count). The number of carbonyl (C=O) groups is 2. The van der Waals surface area contributed by atoms with Gasteiger partial charge in [0.05, 0.1) is 7.11 Å². The van der Waals surface area contributed by atoms with E-state index < -0.39 is 5.97 Å². The van der Waals surface area contributed by atoms with Crippen molar-refractivity contribution < 1.29 is 14.3 Å². The van der Waals surface area contributed by atoms with E-state index in [-0.39, 0.29) is 0 Å². The number of anilines is 1. The Balaban J connectivity index is 0.00000112. The number of ether oxygens (including phenoxy) is 1. The maximum absolute atomic E-state index is 11.4. The maximum Gasteiger partial charge on any atom is 0.356 e. The van der Waals surface area contributed by atoms with Crippen LogP contribution in [0.5, 0.6) is 0 Å². The van der Waals surface area contributed by atoms with Gasteiger partial charge in [-0.25, -0.2) is 9.78 Å². The molecule has 6 nitrogen and oxygen atoms in total. The molecule has 23 heavy (non-hydrogen) atoms. The van der Waals surface area contributed by atoms with E-state index in [1.807, 2.05) is 26.7 Å². The highest BCUT2D eigenvalue weighted by molar-refractivity contribution is 5.88. The normalized spacial score (nSPS) is 22.0. The van der Waals surface area contributed by atoms with Gasteiger partial charge in [-0.1, -0.05) is 27.7 Å². The third-order valence-electron chi connectivity index (χ3n) is 3.91. The monoisotopic (exact) mass is 323 g/mol. The molecule has 2 heterocycles. The van der Waals surface area contributed by atoms with E-state index in [1.165, 1.54) is 7.11 Å². The molecule has 0 bridgehead atoms. The van der Waals surface area contributed by atoms with Crippen LogP contribution < -0.4 is 10.6 Å². The number of aromatic nitrogens is 1. The summed E-state index contributed by atoms with van der Waals surface area (Å²) >= 11 is 0. The quantitative estimate of drug-likeness (QED) is 0.828. The number of hydrogen-bond donors (Lipinski definition) is 2. The van der Waals surface area contributed by atoms with Crippen molar-refractivity contribution >= 4 is 18.4 Å². The summed E-state index contributed by atoms with van der Waals surface area (Å²) in [5.41, 5.74) is 1.22. The van der Waals surface area contributed by atoms with Crippen molar-refractivity contribution in [2.24, 2.45) is 11.8 Å². The van der Waals surface area contributed by atoms with Gasteiger partial charge in [0.1, 0.15) is 12.5 Å². The highest BCUT2D eigenvalue weighted by Crippen LogP contribution is 2.21. The van der Waals surface area contributed by atoms with E-state index in [9.17, 15) is 4.79 Å². The summed E-state index contributed by atoms with van der Waals surface area (Å²) in [6.45, 7) is 12.4. The molecule has 1 aromatic heterocycles. The lowest BCUT2D eigenvalue weighted by Crippen LogP contribution is -2.33. The first-order chi connectivity index (χ1) is 11.1. The predicted molar refractivity (Wildman–Crippen MR) is 92.7 cm³/mol. The van der Waals surface area contributed by atoms with Crippen LogP contribution in [0.25, 0.3) is 0 Å². The van der Waals surface area contributed by atoms with Crippen molar-refractivity contribution in [3.8, 4) is 0 Å². The molecular formula is C17H29N3O3. The number of hydrogen-bond acceptors (Lipinski definition) is 6. The Morgan fingerprint density at radius 1 is 1.43 bits per heavy atom. The molecule has 0 aliphatic carbocycles. The zero-order valence-electron chi connectivity index (χ0n) is 14.8. The van der Waals surface area contributed by atoms with Gasteiger partial charge in [0.2, 0.25) is 0 Å². The molecule has 0 radical (unpaired) electrons. The molecule has 1 aliphatic rings.